The van der Waals surface area contributed by atoms with Crippen LogP contribution in [0.4, 0.5) is 0 Å². The molecule has 2 aliphatic heterocycles. The van der Waals surface area contributed by atoms with Crippen LogP contribution in [0.5, 0.6) is 0 Å². The number of aryl methyl sites for hydroxylation is 3. The molecule has 6 nitrogen and oxygen atoms in total. The molecule has 2 bridgehead atoms. The lowest BCUT2D eigenvalue weighted by Gasteiger charge is -2.38. The van der Waals surface area contributed by atoms with Crippen molar-refractivity contribution in [1.82, 2.24) is 24.5 Å². The van der Waals surface area contributed by atoms with Gasteiger partial charge in [-0.25, -0.2) is 0 Å². The molecule has 6 heteroatoms. The van der Waals surface area contributed by atoms with Crippen molar-refractivity contribution >= 4 is 5.91 Å². The minimum atomic E-state index is 0.0938. The fourth-order valence-electron chi connectivity index (χ4n) is 4.13. The minimum absolute atomic E-state index is 0.0938. The van der Waals surface area contributed by atoms with Crippen LogP contribution in [0.3, 0.4) is 0 Å². The molecular formula is C17H23N5O. The lowest BCUT2D eigenvalue weighted by atomic mass is 9.97. The van der Waals surface area contributed by atoms with Gasteiger partial charge in [0.1, 0.15) is 0 Å². The van der Waals surface area contributed by atoms with E-state index in [-0.39, 0.29) is 5.91 Å². The summed E-state index contributed by atoms with van der Waals surface area (Å²) < 4.78 is 3.86. The minimum Gasteiger partial charge on any atom is -0.331 e. The van der Waals surface area contributed by atoms with Crippen molar-refractivity contribution in [3.05, 3.63) is 35.4 Å². The van der Waals surface area contributed by atoms with Crippen molar-refractivity contribution in [3.8, 4) is 0 Å². The third kappa shape index (κ3) is 2.36. The Hall–Kier alpha value is -2.11. The third-order valence-electron chi connectivity index (χ3n) is 5.38. The number of fused-ring (bicyclic) bond motifs is 2. The van der Waals surface area contributed by atoms with E-state index in [9.17, 15) is 4.79 Å². The lowest BCUT2D eigenvalue weighted by Crippen LogP contribution is -2.47. The van der Waals surface area contributed by atoms with Crippen LogP contribution in [0.25, 0.3) is 0 Å². The Kier molecular flexibility index (Phi) is 3.28. The molecular weight excluding hydrogens is 290 g/mol. The van der Waals surface area contributed by atoms with Gasteiger partial charge in [0.2, 0.25) is 0 Å². The SMILES string of the molecule is Cc1cnn(C2CC3CCC(C2)N3C(=O)c2cc(C)n(C)n2)c1. The van der Waals surface area contributed by atoms with E-state index in [0.717, 1.165) is 31.4 Å². The molecule has 0 N–H and O–H groups in total. The van der Waals surface area contributed by atoms with Gasteiger partial charge in [-0.1, -0.05) is 0 Å². The molecule has 4 rings (SSSR count). The Morgan fingerprint density at radius 3 is 2.39 bits per heavy atom. The van der Waals surface area contributed by atoms with E-state index in [0.29, 0.717) is 23.8 Å². The van der Waals surface area contributed by atoms with Crippen molar-refractivity contribution in [2.24, 2.45) is 7.05 Å². The van der Waals surface area contributed by atoms with Gasteiger partial charge in [-0.05, 0) is 51.2 Å². The fraction of sp³-hybridized carbons (Fsp3) is 0.588. The summed E-state index contributed by atoms with van der Waals surface area (Å²) in [5.74, 6) is 0.0938. The van der Waals surface area contributed by atoms with Crippen LogP contribution < -0.4 is 0 Å². The Morgan fingerprint density at radius 1 is 1.17 bits per heavy atom. The van der Waals surface area contributed by atoms with Gasteiger partial charge in [-0.3, -0.25) is 14.2 Å². The first-order chi connectivity index (χ1) is 11.0. The summed E-state index contributed by atoms with van der Waals surface area (Å²) in [6, 6.07) is 2.94. The van der Waals surface area contributed by atoms with Crippen LogP contribution in [0.15, 0.2) is 18.5 Å². The molecule has 1 amide bonds. The maximum atomic E-state index is 12.9. The van der Waals surface area contributed by atoms with Gasteiger partial charge in [-0.2, -0.15) is 10.2 Å². The molecule has 2 aromatic heterocycles. The van der Waals surface area contributed by atoms with Gasteiger partial charge in [0.15, 0.2) is 5.69 Å². The number of nitrogens with zero attached hydrogens (tertiary/aromatic N) is 5. The number of carbonyl (C=O) groups excluding carboxylic acids is 1. The molecule has 2 unspecified atom stereocenters. The number of hydrogen-bond donors (Lipinski definition) is 0. The van der Waals surface area contributed by atoms with Crippen LogP contribution in [0.2, 0.25) is 0 Å². The summed E-state index contributed by atoms with van der Waals surface area (Å²) in [4.78, 5) is 15.0. The van der Waals surface area contributed by atoms with Crippen LogP contribution in [0.1, 0.15) is 53.5 Å². The molecule has 2 saturated heterocycles. The van der Waals surface area contributed by atoms with Crippen LogP contribution >= 0.6 is 0 Å². The quantitative estimate of drug-likeness (QED) is 0.854. The summed E-state index contributed by atoms with van der Waals surface area (Å²) >= 11 is 0. The molecule has 2 fully saturated rings. The van der Waals surface area contributed by atoms with Gasteiger partial charge in [-0.15, -0.1) is 0 Å². The molecule has 4 heterocycles. The summed E-state index contributed by atoms with van der Waals surface area (Å²) in [6.45, 7) is 4.05. The highest BCUT2D eigenvalue weighted by Gasteiger charge is 2.44. The summed E-state index contributed by atoms with van der Waals surface area (Å²) in [5, 5.41) is 8.85. The van der Waals surface area contributed by atoms with Gasteiger partial charge < -0.3 is 4.90 Å². The van der Waals surface area contributed by atoms with Gasteiger partial charge >= 0.3 is 0 Å². The zero-order valence-electron chi connectivity index (χ0n) is 13.9. The molecule has 0 aromatic carbocycles. The van der Waals surface area contributed by atoms with Crippen molar-refractivity contribution < 1.29 is 4.79 Å². The molecule has 0 saturated carbocycles. The Bertz CT molecular complexity index is 713. The topological polar surface area (TPSA) is 56.0 Å². The van der Waals surface area contributed by atoms with Gasteiger partial charge in [0.05, 0.1) is 12.2 Å². The Labute approximate surface area is 136 Å². The van der Waals surface area contributed by atoms with Crippen LogP contribution in [-0.2, 0) is 7.05 Å². The molecule has 2 aliphatic rings. The highest BCUT2D eigenvalue weighted by molar-refractivity contribution is 5.93. The highest BCUT2D eigenvalue weighted by atomic mass is 16.2. The van der Waals surface area contributed by atoms with Crippen LogP contribution in [-0.4, -0.2) is 42.5 Å². The summed E-state index contributed by atoms with van der Waals surface area (Å²) in [5.41, 5.74) is 2.79. The first-order valence-corrected chi connectivity index (χ1v) is 8.37. The van der Waals surface area contributed by atoms with Gasteiger partial charge in [0.25, 0.3) is 5.91 Å². The van der Waals surface area contributed by atoms with E-state index in [1.165, 1.54) is 5.56 Å². The fourth-order valence-corrected chi connectivity index (χ4v) is 4.13. The smallest absolute Gasteiger partial charge is 0.274 e. The number of amides is 1. The highest BCUT2D eigenvalue weighted by Crippen LogP contribution is 2.41. The Balaban J connectivity index is 1.55. The third-order valence-corrected chi connectivity index (χ3v) is 5.38. The van der Waals surface area contributed by atoms with E-state index in [2.05, 4.69) is 32.9 Å². The van der Waals surface area contributed by atoms with Crippen molar-refractivity contribution in [1.29, 1.82) is 0 Å². The van der Waals surface area contributed by atoms with Crippen LogP contribution in [0, 0.1) is 13.8 Å². The van der Waals surface area contributed by atoms with E-state index in [4.69, 9.17) is 0 Å². The molecule has 23 heavy (non-hydrogen) atoms. The first-order valence-electron chi connectivity index (χ1n) is 8.37. The summed E-state index contributed by atoms with van der Waals surface area (Å²) in [7, 11) is 1.88. The Morgan fingerprint density at radius 2 is 1.87 bits per heavy atom. The first kappa shape index (κ1) is 14.5. The van der Waals surface area contributed by atoms with Gasteiger partial charge in [0, 0.05) is 31.0 Å². The number of rotatable bonds is 2. The standard InChI is InChI=1S/C17H23N5O/c1-11-9-18-21(10-11)15-7-13-4-5-14(8-15)22(13)17(23)16-6-12(2)20(3)19-16/h6,9-10,13-15H,4-5,7-8H2,1-3H3. The number of aromatic nitrogens is 4. The van der Waals surface area contributed by atoms with E-state index in [1.54, 1.807) is 4.68 Å². The molecule has 0 radical (unpaired) electrons. The predicted octanol–water partition coefficient (Wildman–Crippen LogP) is 2.24. The van der Waals surface area contributed by atoms with E-state index in [1.807, 2.05) is 26.2 Å². The maximum absolute atomic E-state index is 12.9. The number of carbonyl (C=O) groups is 1. The number of piperidine rings is 1. The predicted molar refractivity (Wildman–Crippen MR) is 86.2 cm³/mol. The number of hydrogen-bond acceptors (Lipinski definition) is 3. The normalized spacial score (nSPS) is 26.7. The van der Waals surface area contributed by atoms with Crippen molar-refractivity contribution in [2.75, 3.05) is 0 Å². The maximum Gasteiger partial charge on any atom is 0.274 e. The molecule has 2 atom stereocenters. The molecule has 0 aliphatic carbocycles. The summed E-state index contributed by atoms with van der Waals surface area (Å²) in [6.07, 6.45) is 8.21. The van der Waals surface area contributed by atoms with E-state index < -0.39 is 0 Å². The monoisotopic (exact) mass is 313 g/mol. The van der Waals surface area contributed by atoms with Crippen molar-refractivity contribution in [3.63, 3.8) is 0 Å². The molecule has 0 spiro atoms. The second-order valence-corrected chi connectivity index (χ2v) is 7.01. The average Bonchev–Trinajstić information content (AvgIpc) is 3.17. The zero-order chi connectivity index (χ0) is 16.1. The lowest BCUT2D eigenvalue weighted by molar-refractivity contribution is 0.0517. The molecule has 122 valence electrons. The molecule has 2 aromatic rings. The van der Waals surface area contributed by atoms with E-state index >= 15 is 0 Å². The average molecular weight is 313 g/mol. The second-order valence-electron chi connectivity index (χ2n) is 7.01. The zero-order valence-corrected chi connectivity index (χ0v) is 13.9. The van der Waals surface area contributed by atoms with Crippen molar-refractivity contribution in [2.45, 2.75) is 57.7 Å². The largest absolute Gasteiger partial charge is 0.331 e. The second kappa shape index (κ2) is 5.22.